The molecule has 0 bridgehead atoms. The minimum atomic E-state index is -0.323. The molecule has 1 aliphatic carbocycles. The molecular weight excluding hydrogens is 100 g/mol. The van der Waals surface area contributed by atoms with Gasteiger partial charge in [-0.25, -0.2) is 0 Å². The van der Waals surface area contributed by atoms with Gasteiger partial charge in [0, 0.05) is 6.42 Å². The van der Waals surface area contributed by atoms with E-state index in [0.29, 0.717) is 6.42 Å². The highest BCUT2D eigenvalue weighted by atomic mass is 16.3. The van der Waals surface area contributed by atoms with Gasteiger partial charge in [-0.05, 0) is 18.6 Å². The van der Waals surface area contributed by atoms with Crippen LogP contribution in [0.2, 0.25) is 0 Å². The first-order valence-electron chi connectivity index (χ1n) is 2.64. The van der Waals surface area contributed by atoms with Crippen molar-refractivity contribution in [2.75, 3.05) is 0 Å². The smallest absolute Gasteiger partial charge is 0.0844 e. The highest BCUT2D eigenvalue weighted by Crippen LogP contribution is 2.05. The minimum Gasteiger partial charge on any atom is -0.388 e. The molecule has 0 heterocycles. The summed E-state index contributed by atoms with van der Waals surface area (Å²) >= 11 is 0. The lowest BCUT2D eigenvalue weighted by Gasteiger charge is -2.03. The Hall–Kier alpha value is -0.740. The van der Waals surface area contributed by atoms with Gasteiger partial charge >= 0.3 is 0 Å². The lowest BCUT2D eigenvalue weighted by atomic mass is 10.1. The zero-order chi connectivity index (χ0) is 5.98. The van der Waals surface area contributed by atoms with Crippen LogP contribution in [0.15, 0.2) is 23.1 Å². The highest BCUT2D eigenvalue weighted by molar-refractivity contribution is 5.08. The van der Waals surface area contributed by atoms with Gasteiger partial charge in [-0.2, -0.15) is 0 Å². The Morgan fingerprint density at radius 2 is 2.62 bits per heavy atom. The van der Waals surface area contributed by atoms with Crippen LogP contribution in [0.3, 0.4) is 0 Å². The lowest BCUT2D eigenvalue weighted by Crippen LogP contribution is -2.02. The molecule has 1 nitrogen and oxygen atoms in total. The molecule has 1 N–H and O–H groups in total. The SMILES string of the molecule is CC1=C=C=CC(O)C1. The van der Waals surface area contributed by atoms with E-state index in [1.165, 1.54) is 0 Å². The largest absolute Gasteiger partial charge is 0.388 e. The Kier molecular flexibility index (Phi) is 1.36. The van der Waals surface area contributed by atoms with E-state index in [2.05, 4.69) is 11.5 Å². The van der Waals surface area contributed by atoms with E-state index < -0.39 is 0 Å². The van der Waals surface area contributed by atoms with Crippen LogP contribution in [-0.2, 0) is 0 Å². The van der Waals surface area contributed by atoms with Crippen LogP contribution in [0, 0.1) is 0 Å². The summed E-state index contributed by atoms with van der Waals surface area (Å²) in [6.45, 7) is 1.93. The van der Waals surface area contributed by atoms with E-state index in [1.807, 2.05) is 6.92 Å². The van der Waals surface area contributed by atoms with Crippen molar-refractivity contribution in [2.24, 2.45) is 0 Å². The van der Waals surface area contributed by atoms with Crippen molar-refractivity contribution in [1.29, 1.82) is 0 Å². The van der Waals surface area contributed by atoms with Crippen molar-refractivity contribution in [2.45, 2.75) is 19.4 Å². The predicted octanol–water partition coefficient (Wildman–Crippen LogP) is 1.01. The quantitative estimate of drug-likeness (QED) is 0.459. The average Bonchev–Trinajstić information content (AvgIpc) is 1.64. The third kappa shape index (κ3) is 1.11. The van der Waals surface area contributed by atoms with Gasteiger partial charge in [0.1, 0.15) is 0 Å². The monoisotopic (exact) mass is 108 g/mol. The molecule has 0 aromatic carbocycles. The summed E-state index contributed by atoms with van der Waals surface area (Å²) in [5, 5.41) is 8.90. The summed E-state index contributed by atoms with van der Waals surface area (Å²) in [4.78, 5) is 0. The maximum Gasteiger partial charge on any atom is 0.0844 e. The van der Waals surface area contributed by atoms with Gasteiger partial charge in [-0.3, -0.25) is 0 Å². The van der Waals surface area contributed by atoms with Crippen molar-refractivity contribution in [3.63, 3.8) is 0 Å². The highest BCUT2D eigenvalue weighted by Gasteiger charge is 2.00. The molecule has 1 aliphatic rings. The van der Waals surface area contributed by atoms with Crippen molar-refractivity contribution >= 4 is 0 Å². The van der Waals surface area contributed by atoms with Crippen LogP contribution in [0.25, 0.3) is 0 Å². The third-order valence-corrected chi connectivity index (χ3v) is 1.08. The fourth-order valence-corrected chi connectivity index (χ4v) is 0.685. The number of aliphatic hydroxyl groups excluding tert-OH is 1. The van der Waals surface area contributed by atoms with Crippen LogP contribution < -0.4 is 0 Å². The molecule has 1 rings (SSSR count). The van der Waals surface area contributed by atoms with Gasteiger partial charge in [0.2, 0.25) is 0 Å². The summed E-state index contributed by atoms with van der Waals surface area (Å²) in [5.74, 6) is 0. The van der Waals surface area contributed by atoms with Gasteiger partial charge in [0.05, 0.1) is 6.10 Å². The summed E-state index contributed by atoms with van der Waals surface area (Å²) < 4.78 is 0. The van der Waals surface area contributed by atoms with Crippen LogP contribution in [0.5, 0.6) is 0 Å². The standard InChI is InChI=1S/C7H8O/c1-6-3-2-4-7(8)5-6/h4,7-8H,5H2,1H3. The molecular formula is C7H8O. The molecule has 8 heavy (non-hydrogen) atoms. The second kappa shape index (κ2) is 2.02. The topological polar surface area (TPSA) is 20.2 Å². The van der Waals surface area contributed by atoms with Gasteiger partial charge < -0.3 is 5.11 Å². The Bertz CT molecular complexity index is 179. The fourth-order valence-electron chi connectivity index (χ4n) is 0.685. The van der Waals surface area contributed by atoms with Crippen LogP contribution in [0.1, 0.15) is 13.3 Å². The molecule has 1 atom stereocenters. The average molecular weight is 108 g/mol. The van der Waals surface area contributed by atoms with Crippen molar-refractivity contribution < 1.29 is 5.11 Å². The van der Waals surface area contributed by atoms with Gasteiger partial charge in [0.25, 0.3) is 0 Å². The zero-order valence-electron chi connectivity index (χ0n) is 4.81. The first-order valence-corrected chi connectivity index (χ1v) is 2.64. The number of hydrogen-bond acceptors (Lipinski definition) is 1. The van der Waals surface area contributed by atoms with Gasteiger partial charge in [-0.1, -0.05) is 11.5 Å². The van der Waals surface area contributed by atoms with E-state index in [1.54, 1.807) is 6.08 Å². The molecule has 0 saturated heterocycles. The summed E-state index contributed by atoms with van der Waals surface area (Å²) in [6.07, 6.45) is 2.01. The van der Waals surface area contributed by atoms with E-state index in [-0.39, 0.29) is 6.10 Å². The van der Waals surface area contributed by atoms with E-state index in [4.69, 9.17) is 5.11 Å². The first kappa shape index (κ1) is 5.40. The van der Waals surface area contributed by atoms with E-state index >= 15 is 0 Å². The normalized spacial score (nSPS) is 25.8. The molecule has 0 amide bonds. The summed E-state index contributed by atoms with van der Waals surface area (Å²) in [5.41, 5.74) is 6.66. The van der Waals surface area contributed by atoms with Crippen LogP contribution in [0.4, 0.5) is 0 Å². The molecule has 0 spiro atoms. The second-order valence-corrected chi connectivity index (χ2v) is 1.99. The summed E-state index contributed by atoms with van der Waals surface area (Å²) in [6, 6.07) is 0. The van der Waals surface area contributed by atoms with Crippen molar-refractivity contribution in [3.05, 3.63) is 23.1 Å². The number of aliphatic hydroxyl groups is 1. The third-order valence-electron chi connectivity index (χ3n) is 1.08. The minimum absolute atomic E-state index is 0.323. The lowest BCUT2D eigenvalue weighted by molar-refractivity contribution is 0.223. The van der Waals surface area contributed by atoms with E-state index in [0.717, 1.165) is 5.57 Å². The van der Waals surface area contributed by atoms with Crippen molar-refractivity contribution in [1.82, 2.24) is 0 Å². The van der Waals surface area contributed by atoms with Crippen molar-refractivity contribution in [3.8, 4) is 0 Å². The molecule has 0 fully saturated rings. The second-order valence-electron chi connectivity index (χ2n) is 1.99. The van der Waals surface area contributed by atoms with Crippen LogP contribution >= 0.6 is 0 Å². The van der Waals surface area contributed by atoms with Gasteiger partial charge in [0.15, 0.2) is 0 Å². The maximum atomic E-state index is 8.90. The van der Waals surface area contributed by atoms with Crippen LogP contribution in [-0.4, -0.2) is 11.2 Å². The molecule has 42 valence electrons. The van der Waals surface area contributed by atoms with E-state index in [9.17, 15) is 0 Å². The Morgan fingerprint density at radius 1 is 1.88 bits per heavy atom. The maximum absolute atomic E-state index is 8.90. The molecule has 1 heteroatoms. The molecule has 0 aliphatic heterocycles. The molecule has 0 saturated carbocycles. The predicted molar refractivity (Wildman–Crippen MR) is 31.4 cm³/mol. The molecule has 1 unspecified atom stereocenters. The Labute approximate surface area is 48.6 Å². The Morgan fingerprint density at radius 3 is 3.00 bits per heavy atom. The zero-order valence-corrected chi connectivity index (χ0v) is 4.81. The first-order chi connectivity index (χ1) is 3.79. The molecule has 0 aromatic rings. The number of rotatable bonds is 0. The fraction of sp³-hybridized carbons (Fsp3) is 0.429. The summed E-state index contributed by atoms with van der Waals surface area (Å²) in [7, 11) is 0. The Balaban J connectivity index is 2.87. The molecule has 0 aromatic heterocycles. The molecule has 0 radical (unpaired) electrons. The van der Waals surface area contributed by atoms with Gasteiger partial charge in [-0.15, -0.1) is 0 Å². The number of hydrogen-bond donors (Lipinski definition) is 1.